The number of halogens is 3. The number of hydrogen-bond donors (Lipinski definition) is 1. The van der Waals surface area contributed by atoms with Gasteiger partial charge in [0.25, 0.3) is 0 Å². The van der Waals surface area contributed by atoms with Crippen molar-refractivity contribution in [1.29, 1.82) is 0 Å². The van der Waals surface area contributed by atoms with Crippen LogP contribution in [-0.2, 0) is 0 Å². The lowest BCUT2D eigenvalue weighted by Gasteiger charge is -2.20. The topological polar surface area (TPSA) is 53.7 Å². The lowest BCUT2D eigenvalue weighted by atomic mass is 10.0. The van der Waals surface area contributed by atoms with E-state index in [9.17, 15) is 13.2 Å². The molecule has 0 amide bonds. The van der Waals surface area contributed by atoms with E-state index in [1.165, 1.54) is 27.4 Å². The van der Waals surface area contributed by atoms with E-state index in [-0.39, 0.29) is 22.8 Å². The van der Waals surface area contributed by atoms with Crippen LogP contribution in [0.1, 0.15) is 11.6 Å². The van der Waals surface area contributed by atoms with Crippen LogP contribution in [0.25, 0.3) is 0 Å². The minimum Gasteiger partial charge on any atom is -0.496 e. The van der Waals surface area contributed by atoms with Crippen LogP contribution in [0.15, 0.2) is 12.1 Å². The first kappa shape index (κ1) is 14.4. The monoisotopic (exact) mass is 265 g/mol. The van der Waals surface area contributed by atoms with E-state index in [1.807, 2.05) is 0 Å². The van der Waals surface area contributed by atoms with Crippen molar-refractivity contribution in [2.24, 2.45) is 5.73 Å². The van der Waals surface area contributed by atoms with Gasteiger partial charge in [-0.1, -0.05) is 0 Å². The fourth-order valence-corrected chi connectivity index (χ4v) is 1.47. The minimum absolute atomic E-state index is 0.00234. The molecular weight excluding hydrogens is 251 g/mol. The van der Waals surface area contributed by atoms with Crippen molar-refractivity contribution in [2.75, 3.05) is 21.3 Å². The lowest BCUT2D eigenvalue weighted by molar-refractivity contribution is -0.149. The SMILES string of the molecule is COc1cc(OC)c(C(N)C(F)(F)F)cc1OC. The zero-order valence-electron chi connectivity index (χ0n) is 10.2. The Kier molecular flexibility index (Phi) is 4.28. The first-order valence-electron chi connectivity index (χ1n) is 4.97. The smallest absolute Gasteiger partial charge is 0.407 e. The summed E-state index contributed by atoms with van der Waals surface area (Å²) in [7, 11) is 3.96. The molecule has 4 nitrogen and oxygen atoms in total. The second-order valence-electron chi connectivity index (χ2n) is 3.47. The molecule has 0 radical (unpaired) electrons. The maximum Gasteiger partial charge on any atom is 0.407 e. The highest BCUT2D eigenvalue weighted by molar-refractivity contribution is 5.52. The first-order valence-corrected chi connectivity index (χ1v) is 4.97. The number of nitrogens with two attached hydrogens (primary N) is 1. The Labute approximate surface area is 102 Å². The molecular formula is C11H14F3NO3. The highest BCUT2D eigenvalue weighted by atomic mass is 19.4. The van der Waals surface area contributed by atoms with Crippen molar-refractivity contribution in [2.45, 2.75) is 12.2 Å². The molecule has 0 aliphatic rings. The van der Waals surface area contributed by atoms with Gasteiger partial charge in [0.1, 0.15) is 11.8 Å². The Morgan fingerprint density at radius 1 is 0.944 bits per heavy atom. The summed E-state index contributed by atoms with van der Waals surface area (Å²) < 4.78 is 52.6. The molecule has 0 saturated heterocycles. The number of alkyl halides is 3. The van der Waals surface area contributed by atoms with Crippen molar-refractivity contribution < 1.29 is 27.4 Å². The van der Waals surface area contributed by atoms with Crippen LogP contribution in [-0.4, -0.2) is 27.5 Å². The summed E-state index contributed by atoms with van der Waals surface area (Å²) in [5, 5.41) is 0. The maximum atomic E-state index is 12.6. The van der Waals surface area contributed by atoms with Gasteiger partial charge in [0.05, 0.1) is 21.3 Å². The normalized spacial score (nSPS) is 13.1. The number of hydrogen-bond acceptors (Lipinski definition) is 4. The standard InChI is InChI=1S/C11H14F3NO3/c1-16-7-5-9(18-3)8(17-2)4-6(7)10(15)11(12,13)14/h4-5,10H,15H2,1-3H3. The van der Waals surface area contributed by atoms with Gasteiger partial charge in [0.15, 0.2) is 11.5 Å². The van der Waals surface area contributed by atoms with E-state index in [2.05, 4.69) is 0 Å². The summed E-state index contributed by atoms with van der Waals surface area (Å²) in [6.07, 6.45) is -4.56. The number of benzene rings is 1. The Balaban J connectivity index is 3.34. The van der Waals surface area contributed by atoms with Gasteiger partial charge in [0.2, 0.25) is 0 Å². The largest absolute Gasteiger partial charge is 0.496 e. The first-order chi connectivity index (χ1) is 8.35. The maximum absolute atomic E-state index is 12.6. The molecule has 0 heterocycles. The Morgan fingerprint density at radius 3 is 1.78 bits per heavy atom. The Bertz CT molecular complexity index is 421. The van der Waals surface area contributed by atoms with Crippen LogP contribution in [0, 0.1) is 0 Å². The molecule has 1 aromatic carbocycles. The predicted octanol–water partition coefficient (Wildman–Crippen LogP) is 2.27. The van der Waals surface area contributed by atoms with Crippen LogP contribution in [0.3, 0.4) is 0 Å². The zero-order chi connectivity index (χ0) is 13.9. The molecule has 1 unspecified atom stereocenters. The van der Waals surface area contributed by atoms with Gasteiger partial charge in [-0.2, -0.15) is 13.2 Å². The number of ether oxygens (including phenoxy) is 3. The minimum atomic E-state index is -4.56. The van der Waals surface area contributed by atoms with Gasteiger partial charge in [0, 0.05) is 11.6 Å². The van der Waals surface area contributed by atoms with E-state index in [0.29, 0.717) is 0 Å². The predicted molar refractivity (Wildman–Crippen MR) is 59.1 cm³/mol. The van der Waals surface area contributed by atoms with Crippen LogP contribution >= 0.6 is 0 Å². The third-order valence-corrected chi connectivity index (χ3v) is 2.42. The number of methoxy groups -OCH3 is 3. The van der Waals surface area contributed by atoms with E-state index in [4.69, 9.17) is 19.9 Å². The average Bonchev–Trinajstić information content (AvgIpc) is 2.34. The molecule has 1 atom stereocenters. The second-order valence-corrected chi connectivity index (χ2v) is 3.47. The molecule has 2 N–H and O–H groups in total. The van der Waals surface area contributed by atoms with E-state index in [1.54, 1.807) is 0 Å². The summed E-state index contributed by atoms with van der Waals surface area (Å²) >= 11 is 0. The van der Waals surface area contributed by atoms with E-state index < -0.39 is 12.2 Å². The van der Waals surface area contributed by atoms with Crippen LogP contribution < -0.4 is 19.9 Å². The van der Waals surface area contributed by atoms with Gasteiger partial charge in [-0.25, -0.2) is 0 Å². The van der Waals surface area contributed by atoms with Gasteiger partial charge in [-0.15, -0.1) is 0 Å². The Hall–Kier alpha value is -1.63. The van der Waals surface area contributed by atoms with Gasteiger partial charge >= 0.3 is 6.18 Å². The van der Waals surface area contributed by atoms with E-state index >= 15 is 0 Å². The fourth-order valence-electron chi connectivity index (χ4n) is 1.47. The second kappa shape index (κ2) is 5.34. The van der Waals surface area contributed by atoms with Crippen molar-refractivity contribution >= 4 is 0 Å². The van der Waals surface area contributed by atoms with E-state index in [0.717, 1.165) is 6.07 Å². The Morgan fingerprint density at radius 2 is 1.39 bits per heavy atom. The summed E-state index contributed by atoms with van der Waals surface area (Å²) in [6.45, 7) is 0. The third kappa shape index (κ3) is 2.79. The van der Waals surface area contributed by atoms with Crippen molar-refractivity contribution in [3.63, 3.8) is 0 Å². The van der Waals surface area contributed by atoms with Crippen LogP contribution in [0.4, 0.5) is 13.2 Å². The molecule has 0 spiro atoms. The zero-order valence-corrected chi connectivity index (χ0v) is 10.2. The molecule has 1 aromatic rings. The van der Waals surface area contributed by atoms with Gasteiger partial charge in [-0.05, 0) is 6.07 Å². The molecule has 0 bridgehead atoms. The van der Waals surface area contributed by atoms with Crippen molar-refractivity contribution in [1.82, 2.24) is 0 Å². The molecule has 18 heavy (non-hydrogen) atoms. The average molecular weight is 265 g/mol. The molecule has 0 saturated carbocycles. The highest BCUT2D eigenvalue weighted by Gasteiger charge is 2.40. The molecule has 1 rings (SSSR count). The molecule has 0 aromatic heterocycles. The van der Waals surface area contributed by atoms with Gasteiger partial charge < -0.3 is 19.9 Å². The number of rotatable bonds is 4. The lowest BCUT2D eigenvalue weighted by Crippen LogP contribution is -2.28. The van der Waals surface area contributed by atoms with Crippen LogP contribution in [0.2, 0.25) is 0 Å². The molecule has 102 valence electrons. The summed E-state index contributed by atoms with van der Waals surface area (Å²) in [4.78, 5) is 0. The molecule has 0 aliphatic carbocycles. The van der Waals surface area contributed by atoms with Crippen LogP contribution in [0.5, 0.6) is 17.2 Å². The summed E-state index contributed by atoms with van der Waals surface area (Å²) in [6, 6.07) is 0.322. The quantitative estimate of drug-likeness (QED) is 0.907. The molecule has 0 fully saturated rings. The van der Waals surface area contributed by atoms with Crippen molar-refractivity contribution in [3.05, 3.63) is 17.7 Å². The fraction of sp³-hybridized carbons (Fsp3) is 0.455. The summed E-state index contributed by atoms with van der Waals surface area (Å²) in [5.74, 6) is 0.429. The van der Waals surface area contributed by atoms with Crippen molar-refractivity contribution in [3.8, 4) is 17.2 Å². The third-order valence-electron chi connectivity index (χ3n) is 2.42. The summed E-state index contributed by atoms with van der Waals surface area (Å²) in [5.41, 5.74) is 4.96. The molecule has 7 heteroatoms. The highest BCUT2D eigenvalue weighted by Crippen LogP contribution is 2.41. The molecule has 0 aliphatic heterocycles. The van der Waals surface area contributed by atoms with Gasteiger partial charge in [-0.3, -0.25) is 0 Å².